The highest BCUT2D eigenvalue weighted by Crippen LogP contribution is 2.37. The van der Waals surface area contributed by atoms with Crippen molar-refractivity contribution in [2.24, 2.45) is 5.73 Å². The van der Waals surface area contributed by atoms with Crippen molar-refractivity contribution in [1.82, 2.24) is 4.98 Å². The number of primary amides is 1. The van der Waals surface area contributed by atoms with Crippen LogP contribution in [0, 0.1) is 11.3 Å². The van der Waals surface area contributed by atoms with Gasteiger partial charge in [-0.25, -0.2) is 4.98 Å². The molecule has 124 valence electrons. The van der Waals surface area contributed by atoms with Gasteiger partial charge >= 0.3 is 0 Å². The number of ether oxygens (including phenoxy) is 2. The van der Waals surface area contributed by atoms with Crippen molar-refractivity contribution < 1.29 is 19.4 Å². The van der Waals surface area contributed by atoms with Gasteiger partial charge in [-0.3, -0.25) is 4.79 Å². The standard InChI is InChI=1S/C18H13N3O4/c1-24-10-5-7-11(8-6-10)25-14-4-2-3-12-15(14)13(9-19)21-16(17(12)22)18(20)23/h2-8,22H,1H3,(H2,20,23). The van der Waals surface area contributed by atoms with Crippen LogP contribution in [0.2, 0.25) is 0 Å². The maximum Gasteiger partial charge on any atom is 0.271 e. The number of pyridine rings is 1. The Labute approximate surface area is 142 Å². The summed E-state index contributed by atoms with van der Waals surface area (Å²) in [6, 6.07) is 13.6. The Balaban J connectivity index is 2.17. The molecule has 0 saturated carbocycles. The van der Waals surface area contributed by atoms with Crippen molar-refractivity contribution in [3.05, 3.63) is 53.9 Å². The second-order valence-corrected chi connectivity index (χ2v) is 5.09. The Hall–Kier alpha value is -3.79. The van der Waals surface area contributed by atoms with E-state index in [1.54, 1.807) is 49.6 Å². The third kappa shape index (κ3) is 2.88. The Morgan fingerprint density at radius 2 is 1.88 bits per heavy atom. The number of aromatic nitrogens is 1. The maximum atomic E-state index is 11.4. The monoisotopic (exact) mass is 335 g/mol. The van der Waals surface area contributed by atoms with Crippen LogP contribution in [-0.2, 0) is 0 Å². The number of carbonyl (C=O) groups excluding carboxylic acids is 1. The van der Waals surface area contributed by atoms with Gasteiger partial charge in [-0.2, -0.15) is 5.26 Å². The minimum Gasteiger partial charge on any atom is -0.505 e. The fourth-order valence-electron chi connectivity index (χ4n) is 2.43. The Morgan fingerprint density at radius 1 is 1.20 bits per heavy atom. The van der Waals surface area contributed by atoms with E-state index in [4.69, 9.17) is 15.2 Å². The molecule has 1 aromatic heterocycles. The van der Waals surface area contributed by atoms with E-state index in [1.165, 1.54) is 0 Å². The maximum absolute atomic E-state index is 11.4. The molecule has 0 fully saturated rings. The number of nitrogens with two attached hydrogens (primary N) is 1. The molecule has 7 nitrogen and oxygen atoms in total. The number of hydrogen-bond acceptors (Lipinski definition) is 6. The van der Waals surface area contributed by atoms with Crippen LogP contribution in [0.15, 0.2) is 42.5 Å². The zero-order valence-electron chi connectivity index (χ0n) is 13.2. The summed E-state index contributed by atoms with van der Waals surface area (Å²) in [4.78, 5) is 15.3. The zero-order chi connectivity index (χ0) is 18.0. The molecular formula is C18H13N3O4. The van der Waals surface area contributed by atoms with Crippen LogP contribution >= 0.6 is 0 Å². The van der Waals surface area contributed by atoms with Gasteiger partial charge in [0.05, 0.1) is 12.5 Å². The summed E-state index contributed by atoms with van der Waals surface area (Å²) in [5.41, 5.74) is 4.78. The minimum absolute atomic E-state index is 0.0642. The molecule has 0 radical (unpaired) electrons. The lowest BCUT2D eigenvalue weighted by atomic mass is 10.1. The van der Waals surface area contributed by atoms with Gasteiger partial charge in [0.15, 0.2) is 17.1 Å². The lowest BCUT2D eigenvalue weighted by Gasteiger charge is -2.12. The number of amides is 1. The summed E-state index contributed by atoms with van der Waals surface area (Å²) < 4.78 is 10.9. The molecule has 0 aliphatic rings. The van der Waals surface area contributed by atoms with Crippen LogP contribution in [0.25, 0.3) is 10.8 Å². The van der Waals surface area contributed by atoms with Crippen LogP contribution in [-0.4, -0.2) is 23.1 Å². The number of nitrogens with zero attached hydrogens (tertiary/aromatic N) is 2. The van der Waals surface area contributed by atoms with E-state index in [-0.39, 0.29) is 22.5 Å². The molecule has 0 unspecified atom stereocenters. The number of carbonyl (C=O) groups is 1. The lowest BCUT2D eigenvalue weighted by Crippen LogP contribution is -2.14. The molecule has 7 heteroatoms. The predicted molar refractivity (Wildman–Crippen MR) is 89.7 cm³/mol. The number of nitriles is 1. The van der Waals surface area contributed by atoms with Crippen LogP contribution in [0.3, 0.4) is 0 Å². The summed E-state index contributed by atoms with van der Waals surface area (Å²) in [7, 11) is 1.56. The van der Waals surface area contributed by atoms with Gasteiger partial charge in [0.1, 0.15) is 23.3 Å². The third-order valence-electron chi connectivity index (χ3n) is 3.59. The molecule has 25 heavy (non-hydrogen) atoms. The molecule has 1 heterocycles. The van der Waals surface area contributed by atoms with E-state index < -0.39 is 5.91 Å². The van der Waals surface area contributed by atoms with Gasteiger partial charge in [-0.1, -0.05) is 12.1 Å². The van der Waals surface area contributed by atoms with Crippen molar-refractivity contribution in [2.45, 2.75) is 0 Å². The smallest absolute Gasteiger partial charge is 0.271 e. The van der Waals surface area contributed by atoms with Crippen molar-refractivity contribution in [1.29, 1.82) is 5.26 Å². The molecule has 3 N–H and O–H groups in total. The minimum atomic E-state index is -0.919. The van der Waals surface area contributed by atoms with E-state index in [0.717, 1.165) is 0 Å². The first-order valence-electron chi connectivity index (χ1n) is 7.22. The molecule has 0 bridgehead atoms. The highest BCUT2D eigenvalue weighted by atomic mass is 16.5. The van der Waals surface area contributed by atoms with Gasteiger partial charge in [0, 0.05) is 5.39 Å². The highest BCUT2D eigenvalue weighted by Gasteiger charge is 2.20. The fourth-order valence-corrected chi connectivity index (χ4v) is 2.43. The van der Waals surface area contributed by atoms with Gasteiger partial charge in [0.25, 0.3) is 5.91 Å². The topological polar surface area (TPSA) is 118 Å². The molecule has 2 aromatic carbocycles. The van der Waals surface area contributed by atoms with Crippen LogP contribution in [0.4, 0.5) is 0 Å². The molecule has 3 rings (SSSR count). The third-order valence-corrected chi connectivity index (χ3v) is 3.59. The number of rotatable bonds is 4. The summed E-state index contributed by atoms with van der Waals surface area (Å²) in [5.74, 6) is 0.196. The van der Waals surface area contributed by atoms with Crippen molar-refractivity contribution in [2.75, 3.05) is 7.11 Å². The van der Waals surface area contributed by atoms with Gasteiger partial charge in [-0.05, 0) is 30.3 Å². The van der Waals surface area contributed by atoms with Crippen LogP contribution < -0.4 is 15.2 Å². The summed E-state index contributed by atoms with van der Waals surface area (Å²) in [6.45, 7) is 0. The molecule has 0 spiro atoms. The van der Waals surface area contributed by atoms with Crippen LogP contribution in [0.1, 0.15) is 16.2 Å². The number of aromatic hydroxyl groups is 1. The summed E-state index contributed by atoms with van der Waals surface area (Å²) >= 11 is 0. The largest absolute Gasteiger partial charge is 0.505 e. The van der Waals surface area contributed by atoms with E-state index in [2.05, 4.69) is 4.98 Å². The number of fused-ring (bicyclic) bond motifs is 1. The SMILES string of the molecule is COc1ccc(Oc2cccc3c(O)c(C(N)=O)nc(C#N)c23)cc1. The Kier molecular flexibility index (Phi) is 4.10. The highest BCUT2D eigenvalue weighted by molar-refractivity contribution is 6.04. The quantitative estimate of drug-likeness (QED) is 0.756. The first-order chi connectivity index (χ1) is 12.0. The predicted octanol–water partition coefficient (Wildman–Crippen LogP) is 2.71. The summed E-state index contributed by atoms with van der Waals surface area (Å²) in [5, 5.41) is 20.2. The van der Waals surface area contributed by atoms with Crippen molar-refractivity contribution >= 4 is 16.7 Å². The van der Waals surface area contributed by atoms with E-state index in [0.29, 0.717) is 22.6 Å². The first kappa shape index (κ1) is 16.1. The normalized spacial score (nSPS) is 10.2. The van der Waals surface area contributed by atoms with Crippen molar-refractivity contribution in [3.63, 3.8) is 0 Å². The van der Waals surface area contributed by atoms with Crippen LogP contribution in [0.5, 0.6) is 23.0 Å². The van der Waals surface area contributed by atoms with E-state index in [9.17, 15) is 15.2 Å². The Morgan fingerprint density at radius 3 is 2.48 bits per heavy atom. The number of methoxy groups -OCH3 is 1. The second-order valence-electron chi connectivity index (χ2n) is 5.09. The van der Waals surface area contributed by atoms with Gasteiger partial charge < -0.3 is 20.3 Å². The molecule has 3 aromatic rings. The van der Waals surface area contributed by atoms with E-state index >= 15 is 0 Å². The molecule has 0 aliphatic carbocycles. The lowest BCUT2D eigenvalue weighted by molar-refractivity contribution is 0.0993. The van der Waals surface area contributed by atoms with Gasteiger partial charge in [0.2, 0.25) is 0 Å². The first-order valence-corrected chi connectivity index (χ1v) is 7.22. The second kappa shape index (κ2) is 6.37. The average molecular weight is 335 g/mol. The average Bonchev–Trinajstić information content (AvgIpc) is 2.63. The molecule has 0 saturated heterocycles. The molecule has 0 aliphatic heterocycles. The van der Waals surface area contributed by atoms with Crippen molar-refractivity contribution in [3.8, 4) is 29.1 Å². The Bertz CT molecular complexity index is 1010. The fraction of sp³-hybridized carbons (Fsp3) is 0.0556. The molecule has 1 amide bonds. The molecule has 0 atom stereocenters. The van der Waals surface area contributed by atoms with E-state index in [1.807, 2.05) is 6.07 Å². The van der Waals surface area contributed by atoms with Gasteiger partial charge in [-0.15, -0.1) is 0 Å². The zero-order valence-corrected chi connectivity index (χ0v) is 13.2. The number of benzene rings is 2. The summed E-state index contributed by atoms with van der Waals surface area (Å²) in [6.07, 6.45) is 0. The number of hydrogen-bond donors (Lipinski definition) is 2. The molecular weight excluding hydrogens is 322 g/mol.